The predicted octanol–water partition coefficient (Wildman–Crippen LogP) is 2.94. The van der Waals surface area contributed by atoms with Crippen LogP contribution in [0.25, 0.3) is 0 Å². The molecule has 0 aromatic carbocycles. The third kappa shape index (κ3) is 1.78. The fourth-order valence-corrected chi connectivity index (χ4v) is 3.31. The summed E-state index contributed by atoms with van der Waals surface area (Å²) in [6, 6.07) is 3.71. The van der Waals surface area contributed by atoms with E-state index < -0.39 is 4.08 Å². The predicted molar refractivity (Wildman–Crippen MR) is 62.3 cm³/mol. The summed E-state index contributed by atoms with van der Waals surface area (Å²) in [5, 5.41) is 0. The van der Waals surface area contributed by atoms with Crippen LogP contribution in [0.15, 0.2) is 28.4 Å². The lowest BCUT2D eigenvalue weighted by atomic mass is 10.2. The van der Waals surface area contributed by atoms with Crippen LogP contribution < -0.4 is 0 Å². The Labute approximate surface area is 92.1 Å². The minimum absolute atomic E-state index is 0.425. The van der Waals surface area contributed by atoms with Gasteiger partial charge in [0, 0.05) is 5.57 Å². The van der Waals surface area contributed by atoms with Gasteiger partial charge in [-0.3, -0.25) is 0 Å². The van der Waals surface area contributed by atoms with Crippen LogP contribution in [0, 0.1) is 0 Å². The fourth-order valence-electron chi connectivity index (χ4n) is 1.31. The monoisotopic (exact) mass is 228 g/mol. The summed E-state index contributed by atoms with van der Waals surface area (Å²) in [4.78, 5) is 10.7. The zero-order valence-electron chi connectivity index (χ0n) is 8.37. The van der Waals surface area contributed by atoms with Crippen LogP contribution in [-0.4, -0.2) is 18.5 Å². The summed E-state index contributed by atoms with van der Waals surface area (Å²) in [5.74, 6) is 2.75. The molecule has 0 N–H and O–H groups in total. The van der Waals surface area contributed by atoms with Crippen LogP contribution in [0.3, 0.4) is 0 Å². The zero-order valence-corrected chi connectivity index (χ0v) is 10.00. The molecule has 0 spiro atoms. The Morgan fingerprint density at radius 1 is 1.50 bits per heavy atom. The lowest BCUT2D eigenvalue weighted by Crippen LogP contribution is -2.18. The van der Waals surface area contributed by atoms with Gasteiger partial charge in [-0.25, -0.2) is 4.79 Å². The molecule has 0 atom stereocenters. The molecule has 4 heteroatoms. The van der Waals surface area contributed by atoms with Gasteiger partial charge in [0.05, 0.1) is 6.26 Å². The van der Waals surface area contributed by atoms with E-state index in [0.29, 0.717) is 5.57 Å². The van der Waals surface area contributed by atoms with E-state index in [1.807, 2.05) is 30.6 Å². The highest BCUT2D eigenvalue weighted by Crippen LogP contribution is 2.48. The number of hydrogen-bond donors (Lipinski definition) is 0. The number of hydrogen-bond acceptors (Lipinski definition) is 4. The summed E-state index contributed by atoms with van der Waals surface area (Å²) in [7, 11) is 0. The van der Waals surface area contributed by atoms with Crippen molar-refractivity contribution >= 4 is 29.5 Å². The molecule has 2 nitrogen and oxygen atoms in total. The molecule has 0 aliphatic rings. The average molecular weight is 228 g/mol. The SMILES string of the molecule is CSC(SC)(C(C)=C=O)c1ccco1. The normalized spacial score (nSPS) is 11.1. The Kier molecular flexibility index (Phi) is 3.93. The van der Waals surface area contributed by atoms with Crippen LogP contribution in [-0.2, 0) is 8.87 Å². The highest BCUT2D eigenvalue weighted by molar-refractivity contribution is 8.17. The second-order valence-corrected chi connectivity index (χ2v) is 5.03. The van der Waals surface area contributed by atoms with Crippen LogP contribution in [0.4, 0.5) is 0 Å². The van der Waals surface area contributed by atoms with Crippen molar-refractivity contribution in [3.63, 3.8) is 0 Å². The van der Waals surface area contributed by atoms with Gasteiger partial charge < -0.3 is 4.42 Å². The summed E-state index contributed by atoms with van der Waals surface area (Å²) in [6.07, 6.45) is 5.54. The quantitative estimate of drug-likeness (QED) is 0.585. The highest BCUT2D eigenvalue weighted by Gasteiger charge is 2.36. The molecule has 0 amide bonds. The largest absolute Gasteiger partial charge is 0.467 e. The van der Waals surface area contributed by atoms with Gasteiger partial charge in [0.25, 0.3) is 0 Å². The number of furan rings is 1. The molecule has 0 saturated carbocycles. The molecule has 76 valence electrons. The maximum absolute atomic E-state index is 10.7. The Bertz CT molecular complexity index is 333. The van der Waals surface area contributed by atoms with Crippen molar-refractivity contribution in [1.29, 1.82) is 0 Å². The van der Waals surface area contributed by atoms with Gasteiger partial charge in [0.15, 0.2) is 0 Å². The second-order valence-electron chi connectivity index (χ2n) is 2.73. The molecule has 0 bridgehead atoms. The average Bonchev–Trinajstić information content (AvgIpc) is 2.74. The van der Waals surface area contributed by atoms with E-state index >= 15 is 0 Å². The molecule has 0 radical (unpaired) electrons. The van der Waals surface area contributed by atoms with Gasteiger partial charge in [0.1, 0.15) is 15.8 Å². The van der Waals surface area contributed by atoms with Gasteiger partial charge in [-0.2, -0.15) is 0 Å². The Hall–Kier alpha value is -0.570. The van der Waals surface area contributed by atoms with Crippen LogP contribution >= 0.6 is 23.5 Å². The van der Waals surface area contributed by atoms with Gasteiger partial charge in [-0.05, 0) is 31.6 Å². The first kappa shape index (κ1) is 11.5. The molecule has 1 aromatic heterocycles. The molecular formula is C10H12O2S2. The summed E-state index contributed by atoms with van der Waals surface area (Å²) in [5.41, 5.74) is 0.646. The maximum atomic E-state index is 10.7. The van der Waals surface area contributed by atoms with Crippen LogP contribution in [0.1, 0.15) is 12.7 Å². The summed E-state index contributed by atoms with van der Waals surface area (Å²) in [6.45, 7) is 1.78. The van der Waals surface area contributed by atoms with Crippen LogP contribution in [0.5, 0.6) is 0 Å². The molecule has 0 fully saturated rings. The second kappa shape index (κ2) is 4.78. The highest BCUT2D eigenvalue weighted by atomic mass is 32.2. The number of thioether (sulfide) groups is 2. The van der Waals surface area contributed by atoms with Crippen molar-refractivity contribution in [2.75, 3.05) is 12.5 Å². The molecule has 0 aliphatic carbocycles. The third-order valence-electron chi connectivity index (χ3n) is 2.07. The summed E-state index contributed by atoms with van der Waals surface area (Å²) < 4.78 is 4.94. The molecule has 0 unspecified atom stereocenters. The van der Waals surface area contributed by atoms with Gasteiger partial charge in [-0.1, -0.05) is 0 Å². The first-order valence-electron chi connectivity index (χ1n) is 4.07. The Balaban J connectivity index is 3.24. The van der Waals surface area contributed by atoms with E-state index in [0.717, 1.165) is 5.76 Å². The zero-order chi connectivity index (χ0) is 10.6. The van der Waals surface area contributed by atoms with Crippen LogP contribution in [0.2, 0.25) is 0 Å². The number of carbonyl (C=O) groups excluding carboxylic acids is 1. The minimum atomic E-state index is -0.425. The summed E-state index contributed by atoms with van der Waals surface area (Å²) >= 11 is 3.15. The lowest BCUT2D eigenvalue weighted by molar-refractivity contribution is 0.506. The van der Waals surface area contributed by atoms with E-state index in [1.165, 1.54) is 0 Å². The van der Waals surface area contributed by atoms with Crippen molar-refractivity contribution in [3.8, 4) is 0 Å². The Morgan fingerprint density at radius 2 is 2.14 bits per heavy atom. The smallest absolute Gasteiger partial charge is 0.150 e. The van der Waals surface area contributed by atoms with E-state index in [-0.39, 0.29) is 0 Å². The van der Waals surface area contributed by atoms with Crippen molar-refractivity contribution in [3.05, 3.63) is 29.7 Å². The van der Waals surface area contributed by atoms with Crippen molar-refractivity contribution in [2.24, 2.45) is 0 Å². The molecule has 14 heavy (non-hydrogen) atoms. The van der Waals surface area contributed by atoms with Gasteiger partial charge in [-0.15, -0.1) is 23.5 Å². The Morgan fingerprint density at radius 3 is 2.50 bits per heavy atom. The number of rotatable bonds is 4. The first-order chi connectivity index (χ1) is 6.71. The van der Waals surface area contributed by atoms with Crippen molar-refractivity contribution in [1.82, 2.24) is 0 Å². The van der Waals surface area contributed by atoms with Crippen molar-refractivity contribution in [2.45, 2.75) is 11.0 Å². The molecular weight excluding hydrogens is 216 g/mol. The molecule has 0 saturated heterocycles. The molecule has 1 aromatic rings. The standard InChI is InChI=1S/C10H12O2S2/c1-8(7-11)10(13-2,14-3)9-5-4-6-12-9/h4-6H,1-3H3. The van der Waals surface area contributed by atoms with Gasteiger partial charge >= 0.3 is 0 Å². The third-order valence-corrected chi connectivity index (χ3v) is 5.23. The molecule has 1 rings (SSSR count). The van der Waals surface area contributed by atoms with E-state index in [4.69, 9.17) is 4.42 Å². The van der Waals surface area contributed by atoms with Crippen molar-refractivity contribution < 1.29 is 9.21 Å². The van der Waals surface area contributed by atoms with E-state index in [1.54, 1.807) is 36.7 Å². The maximum Gasteiger partial charge on any atom is 0.150 e. The first-order valence-corrected chi connectivity index (χ1v) is 6.52. The topological polar surface area (TPSA) is 30.2 Å². The van der Waals surface area contributed by atoms with Gasteiger partial charge in [0.2, 0.25) is 0 Å². The molecule has 1 heterocycles. The van der Waals surface area contributed by atoms with E-state index in [2.05, 4.69) is 0 Å². The van der Waals surface area contributed by atoms with E-state index in [9.17, 15) is 4.79 Å². The molecule has 0 aliphatic heterocycles. The lowest BCUT2D eigenvalue weighted by Gasteiger charge is -2.26. The fraction of sp³-hybridized carbons (Fsp3) is 0.400. The minimum Gasteiger partial charge on any atom is -0.467 e.